The van der Waals surface area contributed by atoms with Crippen LogP contribution in [0.3, 0.4) is 0 Å². The lowest BCUT2D eigenvalue weighted by Crippen LogP contribution is -2.01. The Hall–Kier alpha value is -7.66. The smallest absolute Gasteiger partial charge is 0.0998 e. The van der Waals surface area contributed by atoms with Crippen molar-refractivity contribution in [3.8, 4) is 56.9 Å². The zero-order chi connectivity index (χ0) is 36.2. The van der Waals surface area contributed by atoms with Crippen LogP contribution in [0.15, 0.2) is 182 Å². The van der Waals surface area contributed by atoms with Crippen molar-refractivity contribution in [3.63, 3.8) is 0 Å². The van der Waals surface area contributed by atoms with Gasteiger partial charge in [-0.2, -0.15) is 10.5 Å². The summed E-state index contributed by atoms with van der Waals surface area (Å²) in [4.78, 5) is 0. The summed E-state index contributed by atoms with van der Waals surface area (Å²) in [5, 5.41) is 25.6. The number of benzene rings is 8. The van der Waals surface area contributed by atoms with Crippen molar-refractivity contribution in [2.75, 3.05) is 0 Å². The minimum Gasteiger partial charge on any atom is -0.309 e. The van der Waals surface area contributed by atoms with Gasteiger partial charge in [0.2, 0.25) is 0 Å². The average Bonchev–Trinajstić information content (AvgIpc) is 3.76. The monoisotopic (exact) mass is 686 g/mol. The van der Waals surface area contributed by atoms with Gasteiger partial charge in [0.15, 0.2) is 0 Å². The minimum atomic E-state index is 0.456. The lowest BCUT2D eigenvalue weighted by atomic mass is 9.90. The molecule has 0 amide bonds. The Balaban J connectivity index is 1.39. The highest BCUT2D eigenvalue weighted by molar-refractivity contribution is 6.20. The zero-order valence-electron chi connectivity index (χ0n) is 29.1. The molecule has 0 fully saturated rings. The first-order chi connectivity index (χ1) is 26.7. The number of rotatable bonds is 5. The maximum Gasteiger partial charge on any atom is 0.0998 e. The number of nitriles is 2. The number of fused-ring (bicyclic) bond motifs is 6. The fourth-order valence-electron chi connectivity index (χ4n) is 8.26. The Kier molecular flexibility index (Phi) is 7.22. The van der Waals surface area contributed by atoms with Crippen molar-refractivity contribution in [2.45, 2.75) is 0 Å². The lowest BCUT2D eigenvalue weighted by Gasteiger charge is -2.18. The predicted molar refractivity (Wildman–Crippen MR) is 221 cm³/mol. The molecule has 8 aromatic carbocycles. The Morgan fingerprint density at radius 2 is 0.852 bits per heavy atom. The molecule has 4 heteroatoms. The van der Waals surface area contributed by atoms with Crippen molar-refractivity contribution in [1.29, 1.82) is 10.5 Å². The van der Waals surface area contributed by atoms with E-state index in [0.29, 0.717) is 16.7 Å². The van der Waals surface area contributed by atoms with Gasteiger partial charge in [-0.25, -0.2) is 0 Å². The Labute approximate surface area is 312 Å². The molecule has 0 bridgehead atoms. The largest absolute Gasteiger partial charge is 0.309 e. The van der Waals surface area contributed by atoms with Gasteiger partial charge in [0.25, 0.3) is 0 Å². The van der Waals surface area contributed by atoms with Crippen LogP contribution in [0.2, 0.25) is 0 Å². The van der Waals surface area contributed by atoms with Crippen LogP contribution < -0.4 is 0 Å². The molecule has 0 saturated heterocycles. The van der Waals surface area contributed by atoms with Crippen LogP contribution >= 0.6 is 0 Å². The first-order valence-electron chi connectivity index (χ1n) is 18.0. The summed E-state index contributed by atoms with van der Waals surface area (Å²) in [6, 6.07) is 67.8. The standard InChI is InChI=1S/C50H30N4/c51-31-37-17-12-18-38(32-52)48(37)50-47(28-27-46-49(50)40-21-10-11-22-43(40)53(46)39-19-8-3-9-20-39)54-44-25-23-35(33-13-4-1-5-14-33)29-41(44)42-30-36(24-26-45(42)54)34-15-6-2-7-16-34/h1-30H. The van der Waals surface area contributed by atoms with Crippen LogP contribution in [-0.2, 0) is 0 Å². The maximum atomic E-state index is 10.6. The normalized spacial score (nSPS) is 11.3. The highest BCUT2D eigenvalue weighted by Crippen LogP contribution is 2.46. The van der Waals surface area contributed by atoms with Gasteiger partial charge in [-0.3, -0.25) is 0 Å². The topological polar surface area (TPSA) is 57.4 Å². The van der Waals surface area contributed by atoms with E-state index in [1.165, 1.54) is 0 Å². The van der Waals surface area contributed by atoms with Crippen LogP contribution in [0.25, 0.3) is 88.4 Å². The van der Waals surface area contributed by atoms with Crippen molar-refractivity contribution >= 4 is 43.6 Å². The molecule has 4 nitrogen and oxygen atoms in total. The molecule has 0 aliphatic heterocycles. The van der Waals surface area contributed by atoms with Gasteiger partial charge in [-0.05, 0) is 89.0 Å². The molecular formula is C50H30N4. The van der Waals surface area contributed by atoms with Crippen LogP contribution in [0, 0.1) is 22.7 Å². The summed E-state index contributed by atoms with van der Waals surface area (Å²) in [5.74, 6) is 0. The minimum absolute atomic E-state index is 0.456. The first-order valence-corrected chi connectivity index (χ1v) is 18.0. The van der Waals surface area contributed by atoms with Gasteiger partial charge in [-0.15, -0.1) is 0 Å². The van der Waals surface area contributed by atoms with E-state index in [0.717, 1.165) is 82.8 Å². The third kappa shape index (κ3) is 4.76. The van der Waals surface area contributed by atoms with E-state index in [-0.39, 0.29) is 0 Å². The predicted octanol–water partition coefficient (Wildman–Crippen LogP) is 12.6. The second-order valence-electron chi connectivity index (χ2n) is 13.5. The summed E-state index contributed by atoms with van der Waals surface area (Å²) in [7, 11) is 0. The van der Waals surface area contributed by atoms with Crippen molar-refractivity contribution in [1.82, 2.24) is 9.13 Å². The molecule has 0 aliphatic carbocycles. The summed E-state index contributed by atoms with van der Waals surface area (Å²) in [5.41, 5.74) is 13.0. The molecule has 0 saturated carbocycles. The molecule has 0 radical (unpaired) electrons. The second kappa shape index (κ2) is 12.5. The average molecular weight is 687 g/mol. The molecule has 10 aromatic rings. The van der Waals surface area contributed by atoms with Crippen molar-refractivity contribution in [2.24, 2.45) is 0 Å². The molecule has 0 spiro atoms. The van der Waals surface area contributed by atoms with Gasteiger partial charge in [0.1, 0.15) is 0 Å². The van der Waals surface area contributed by atoms with Crippen molar-refractivity contribution < 1.29 is 0 Å². The van der Waals surface area contributed by atoms with Crippen LogP contribution in [0.1, 0.15) is 11.1 Å². The van der Waals surface area contributed by atoms with Crippen LogP contribution in [0.4, 0.5) is 0 Å². The number of aromatic nitrogens is 2. The molecule has 2 aromatic heterocycles. The fraction of sp³-hybridized carbons (Fsp3) is 0. The van der Waals surface area contributed by atoms with Gasteiger partial charge in [0, 0.05) is 38.4 Å². The summed E-state index contributed by atoms with van der Waals surface area (Å²) >= 11 is 0. The number of hydrogen-bond acceptors (Lipinski definition) is 2. The quantitative estimate of drug-likeness (QED) is 0.181. The molecule has 0 unspecified atom stereocenters. The fourth-order valence-corrected chi connectivity index (χ4v) is 8.26. The number of hydrogen-bond donors (Lipinski definition) is 0. The summed E-state index contributed by atoms with van der Waals surface area (Å²) in [6.07, 6.45) is 0. The molecule has 250 valence electrons. The van der Waals surface area contributed by atoms with E-state index >= 15 is 0 Å². The Bertz CT molecular complexity index is 3030. The molecule has 0 atom stereocenters. The Morgan fingerprint density at radius 3 is 1.43 bits per heavy atom. The van der Waals surface area contributed by atoms with E-state index in [9.17, 15) is 10.5 Å². The van der Waals surface area contributed by atoms with Crippen LogP contribution in [0.5, 0.6) is 0 Å². The zero-order valence-corrected chi connectivity index (χ0v) is 29.1. The third-order valence-electron chi connectivity index (χ3n) is 10.6. The van der Waals surface area contributed by atoms with Gasteiger partial charge in [0.05, 0.1) is 51.0 Å². The van der Waals surface area contributed by atoms with Crippen LogP contribution in [-0.4, -0.2) is 9.13 Å². The highest BCUT2D eigenvalue weighted by atomic mass is 15.0. The molecule has 0 N–H and O–H groups in total. The molecular weight excluding hydrogens is 657 g/mol. The van der Waals surface area contributed by atoms with Gasteiger partial charge < -0.3 is 9.13 Å². The van der Waals surface area contributed by atoms with Gasteiger partial charge in [-0.1, -0.05) is 115 Å². The summed E-state index contributed by atoms with van der Waals surface area (Å²) < 4.78 is 4.61. The van der Waals surface area contributed by atoms with E-state index in [1.54, 1.807) is 6.07 Å². The van der Waals surface area contributed by atoms with Crippen molar-refractivity contribution in [3.05, 3.63) is 193 Å². The first kappa shape index (κ1) is 31.1. The SMILES string of the molecule is N#Cc1cccc(C#N)c1-c1c(-n2c3ccc(-c4ccccc4)cc3c3cc(-c4ccccc4)ccc32)ccc2c1c1ccccc1n2-c1ccccc1. The molecule has 0 aliphatic rings. The van der Waals surface area contributed by atoms with E-state index in [1.807, 2.05) is 30.3 Å². The molecule has 54 heavy (non-hydrogen) atoms. The molecule has 2 heterocycles. The Morgan fingerprint density at radius 1 is 0.352 bits per heavy atom. The summed E-state index contributed by atoms with van der Waals surface area (Å²) in [6.45, 7) is 0. The lowest BCUT2D eigenvalue weighted by molar-refractivity contribution is 1.17. The maximum absolute atomic E-state index is 10.6. The number of para-hydroxylation sites is 2. The van der Waals surface area contributed by atoms with E-state index in [4.69, 9.17) is 0 Å². The molecule has 10 rings (SSSR count). The highest BCUT2D eigenvalue weighted by Gasteiger charge is 2.26. The van der Waals surface area contributed by atoms with E-state index < -0.39 is 0 Å². The van der Waals surface area contributed by atoms with E-state index in [2.05, 4.69) is 167 Å². The second-order valence-corrected chi connectivity index (χ2v) is 13.5. The third-order valence-corrected chi connectivity index (χ3v) is 10.6. The van der Waals surface area contributed by atoms with Gasteiger partial charge >= 0.3 is 0 Å². The number of nitrogens with zero attached hydrogens (tertiary/aromatic N) is 4.